The minimum Gasteiger partial charge on any atom is -0.466 e. The SMILES string of the molecule is COC(=O)/C=C/C(C)NC(C)(C)C. The maximum Gasteiger partial charge on any atom is 0.330 e. The summed E-state index contributed by atoms with van der Waals surface area (Å²) < 4.78 is 4.48. The van der Waals surface area contributed by atoms with Gasteiger partial charge in [-0.3, -0.25) is 0 Å². The highest BCUT2D eigenvalue weighted by Gasteiger charge is 2.11. The van der Waals surface area contributed by atoms with Crippen LogP contribution < -0.4 is 5.32 Å². The van der Waals surface area contributed by atoms with Crippen LogP contribution in [0.5, 0.6) is 0 Å². The van der Waals surface area contributed by atoms with Crippen LogP contribution in [0.4, 0.5) is 0 Å². The van der Waals surface area contributed by atoms with E-state index in [1.54, 1.807) is 6.08 Å². The molecule has 0 rings (SSSR count). The molecule has 13 heavy (non-hydrogen) atoms. The van der Waals surface area contributed by atoms with Gasteiger partial charge in [-0.2, -0.15) is 0 Å². The Balaban J connectivity index is 3.94. The van der Waals surface area contributed by atoms with Crippen LogP contribution in [0.1, 0.15) is 27.7 Å². The minimum atomic E-state index is -0.317. The zero-order chi connectivity index (χ0) is 10.5. The van der Waals surface area contributed by atoms with Crippen molar-refractivity contribution in [1.29, 1.82) is 0 Å². The van der Waals surface area contributed by atoms with Crippen molar-refractivity contribution in [1.82, 2.24) is 5.32 Å². The van der Waals surface area contributed by atoms with E-state index in [1.165, 1.54) is 13.2 Å². The summed E-state index contributed by atoms with van der Waals surface area (Å²) in [5.41, 5.74) is 0.0554. The van der Waals surface area contributed by atoms with Crippen LogP contribution in [-0.2, 0) is 9.53 Å². The molecule has 0 aromatic carbocycles. The summed E-state index contributed by atoms with van der Waals surface area (Å²) in [5.74, 6) is -0.317. The summed E-state index contributed by atoms with van der Waals surface area (Å²) in [6.45, 7) is 8.23. The molecule has 76 valence electrons. The molecule has 0 aliphatic heterocycles. The van der Waals surface area contributed by atoms with Gasteiger partial charge in [0.15, 0.2) is 0 Å². The molecule has 0 aromatic rings. The molecule has 0 fully saturated rings. The van der Waals surface area contributed by atoms with Gasteiger partial charge in [-0.05, 0) is 27.7 Å². The minimum absolute atomic E-state index is 0.0554. The van der Waals surface area contributed by atoms with Crippen LogP contribution in [0.25, 0.3) is 0 Å². The van der Waals surface area contributed by atoms with E-state index in [4.69, 9.17) is 0 Å². The van der Waals surface area contributed by atoms with Crippen molar-refractivity contribution in [3.63, 3.8) is 0 Å². The Morgan fingerprint density at radius 3 is 2.38 bits per heavy atom. The first-order valence-electron chi connectivity index (χ1n) is 4.39. The first-order valence-corrected chi connectivity index (χ1v) is 4.39. The Morgan fingerprint density at radius 1 is 1.46 bits per heavy atom. The summed E-state index contributed by atoms with van der Waals surface area (Å²) in [7, 11) is 1.37. The molecule has 1 atom stereocenters. The largest absolute Gasteiger partial charge is 0.466 e. The van der Waals surface area contributed by atoms with Gasteiger partial charge in [-0.15, -0.1) is 0 Å². The summed E-state index contributed by atoms with van der Waals surface area (Å²) in [6.07, 6.45) is 3.22. The van der Waals surface area contributed by atoms with Gasteiger partial charge in [0.05, 0.1) is 7.11 Å². The number of rotatable bonds is 3. The first-order chi connectivity index (χ1) is 5.85. The smallest absolute Gasteiger partial charge is 0.330 e. The van der Waals surface area contributed by atoms with E-state index in [1.807, 2.05) is 6.92 Å². The molecule has 1 unspecified atom stereocenters. The van der Waals surface area contributed by atoms with Crippen molar-refractivity contribution < 1.29 is 9.53 Å². The lowest BCUT2D eigenvalue weighted by Crippen LogP contribution is -2.41. The third-order valence-electron chi connectivity index (χ3n) is 1.38. The van der Waals surface area contributed by atoms with Crippen molar-refractivity contribution in [2.24, 2.45) is 0 Å². The van der Waals surface area contributed by atoms with E-state index >= 15 is 0 Å². The molecule has 0 amide bonds. The quantitative estimate of drug-likeness (QED) is 0.535. The summed E-state index contributed by atoms with van der Waals surface area (Å²) in [6, 6.07) is 0.166. The molecule has 3 heteroatoms. The number of ether oxygens (including phenoxy) is 1. The monoisotopic (exact) mass is 185 g/mol. The Kier molecular flexibility index (Phi) is 4.70. The topological polar surface area (TPSA) is 38.3 Å². The average molecular weight is 185 g/mol. The lowest BCUT2D eigenvalue weighted by atomic mass is 10.1. The molecule has 1 N–H and O–H groups in total. The van der Waals surface area contributed by atoms with Gasteiger partial charge in [0.25, 0.3) is 0 Å². The van der Waals surface area contributed by atoms with E-state index in [2.05, 4.69) is 30.8 Å². The van der Waals surface area contributed by atoms with Crippen molar-refractivity contribution in [3.05, 3.63) is 12.2 Å². The Bertz CT molecular complexity index is 192. The standard InChI is InChI=1S/C10H19NO2/c1-8(11-10(2,3)4)6-7-9(12)13-5/h6-8,11H,1-5H3/b7-6+. The van der Waals surface area contributed by atoms with Crippen LogP contribution in [0, 0.1) is 0 Å². The third-order valence-corrected chi connectivity index (χ3v) is 1.38. The number of carbonyl (C=O) groups excluding carboxylic acids is 1. The van der Waals surface area contributed by atoms with Crippen LogP contribution in [0.2, 0.25) is 0 Å². The maximum atomic E-state index is 10.7. The van der Waals surface area contributed by atoms with Crippen LogP contribution in [0.15, 0.2) is 12.2 Å². The molecular formula is C10H19NO2. The fourth-order valence-corrected chi connectivity index (χ4v) is 1.02. The highest BCUT2D eigenvalue weighted by molar-refractivity contribution is 5.81. The van der Waals surface area contributed by atoms with E-state index in [-0.39, 0.29) is 17.6 Å². The summed E-state index contributed by atoms with van der Waals surface area (Å²) >= 11 is 0. The van der Waals surface area contributed by atoms with Gasteiger partial charge in [-0.1, -0.05) is 6.08 Å². The molecular weight excluding hydrogens is 166 g/mol. The predicted molar refractivity (Wildman–Crippen MR) is 53.5 cm³/mol. The second kappa shape index (κ2) is 5.02. The van der Waals surface area contributed by atoms with E-state index in [0.29, 0.717) is 0 Å². The fraction of sp³-hybridized carbons (Fsp3) is 0.700. The van der Waals surface area contributed by atoms with Crippen LogP contribution in [0.3, 0.4) is 0 Å². The van der Waals surface area contributed by atoms with Gasteiger partial charge in [0, 0.05) is 17.7 Å². The van der Waals surface area contributed by atoms with Crippen molar-refractivity contribution in [2.45, 2.75) is 39.3 Å². The molecule has 0 aliphatic rings. The van der Waals surface area contributed by atoms with Crippen LogP contribution >= 0.6 is 0 Å². The lowest BCUT2D eigenvalue weighted by Gasteiger charge is -2.23. The number of hydrogen-bond donors (Lipinski definition) is 1. The molecule has 0 heterocycles. The van der Waals surface area contributed by atoms with Crippen molar-refractivity contribution in [3.8, 4) is 0 Å². The van der Waals surface area contributed by atoms with E-state index in [9.17, 15) is 4.79 Å². The highest BCUT2D eigenvalue weighted by atomic mass is 16.5. The highest BCUT2D eigenvalue weighted by Crippen LogP contribution is 2.01. The normalized spacial score (nSPS) is 14.5. The fourth-order valence-electron chi connectivity index (χ4n) is 1.02. The van der Waals surface area contributed by atoms with Crippen molar-refractivity contribution >= 4 is 5.97 Å². The second-order valence-corrected chi connectivity index (χ2v) is 4.07. The number of hydrogen-bond acceptors (Lipinski definition) is 3. The van der Waals surface area contributed by atoms with Gasteiger partial charge >= 0.3 is 5.97 Å². The third kappa shape index (κ3) is 7.53. The van der Waals surface area contributed by atoms with Gasteiger partial charge in [0.1, 0.15) is 0 Å². The summed E-state index contributed by atoms with van der Waals surface area (Å²) in [5, 5.41) is 3.30. The molecule has 0 saturated carbocycles. The lowest BCUT2D eigenvalue weighted by molar-refractivity contribution is -0.134. The molecule has 0 spiro atoms. The average Bonchev–Trinajstić information content (AvgIpc) is 1.97. The Labute approximate surface area is 80.2 Å². The molecule has 3 nitrogen and oxygen atoms in total. The van der Waals surface area contributed by atoms with Gasteiger partial charge in [-0.25, -0.2) is 4.79 Å². The van der Waals surface area contributed by atoms with Gasteiger partial charge in [0.2, 0.25) is 0 Å². The predicted octanol–water partition coefficient (Wildman–Crippen LogP) is 1.49. The molecule has 0 saturated heterocycles. The van der Waals surface area contributed by atoms with Crippen LogP contribution in [-0.4, -0.2) is 24.7 Å². The second-order valence-electron chi connectivity index (χ2n) is 4.07. The molecule has 0 aliphatic carbocycles. The summed E-state index contributed by atoms with van der Waals surface area (Å²) in [4.78, 5) is 10.7. The zero-order valence-electron chi connectivity index (χ0n) is 9.05. The number of carbonyl (C=O) groups is 1. The molecule has 0 bridgehead atoms. The van der Waals surface area contributed by atoms with E-state index in [0.717, 1.165) is 0 Å². The zero-order valence-corrected chi connectivity index (χ0v) is 9.05. The Morgan fingerprint density at radius 2 is 2.00 bits per heavy atom. The van der Waals surface area contributed by atoms with Crippen molar-refractivity contribution in [2.75, 3.05) is 7.11 Å². The van der Waals surface area contributed by atoms with E-state index < -0.39 is 0 Å². The maximum absolute atomic E-state index is 10.7. The number of methoxy groups -OCH3 is 1. The first kappa shape index (κ1) is 12.2. The Hall–Kier alpha value is -0.830. The molecule has 0 aromatic heterocycles. The van der Waals surface area contributed by atoms with Gasteiger partial charge < -0.3 is 10.1 Å². The number of esters is 1. The molecule has 0 radical (unpaired) electrons. The number of nitrogens with one attached hydrogen (secondary N) is 1.